The number of ether oxygens (including phenoxy) is 2. The molecule has 0 aromatic heterocycles. The number of methoxy groups -OCH3 is 1. The molecule has 0 aliphatic rings. The molecule has 0 heterocycles. The monoisotopic (exact) mass is 329 g/mol. The Hall–Kier alpha value is -0.740. The fraction of sp³-hybridized carbons (Fsp3) is 0.600. The molecule has 0 saturated carbocycles. The first kappa shape index (κ1) is 16.3. The van der Waals surface area contributed by atoms with Gasteiger partial charge in [0.15, 0.2) is 11.5 Å². The van der Waals surface area contributed by atoms with E-state index in [-0.39, 0.29) is 6.04 Å². The van der Waals surface area contributed by atoms with Crippen molar-refractivity contribution in [3.8, 4) is 11.5 Å². The third-order valence-corrected chi connectivity index (χ3v) is 3.64. The van der Waals surface area contributed by atoms with Gasteiger partial charge in [-0.25, -0.2) is 0 Å². The second-order valence-corrected chi connectivity index (χ2v) is 5.54. The van der Waals surface area contributed by atoms with Crippen LogP contribution in [0.1, 0.15) is 38.7 Å². The Balaban J connectivity index is 2.87. The first-order valence-electron chi connectivity index (χ1n) is 6.87. The molecule has 3 nitrogen and oxygen atoms in total. The van der Waals surface area contributed by atoms with Crippen molar-refractivity contribution in [1.29, 1.82) is 0 Å². The van der Waals surface area contributed by atoms with Gasteiger partial charge in [-0.3, -0.25) is 0 Å². The number of rotatable bonds is 8. The third kappa shape index (κ3) is 5.03. The second kappa shape index (κ2) is 8.43. The topological polar surface area (TPSA) is 44.5 Å². The molecule has 1 atom stereocenters. The minimum Gasteiger partial charge on any atom is -0.493 e. The summed E-state index contributed by atoms with van der Waals surface area (Å²) in [6.07, 6.45) is 3.97. The normalized spacial score (nSPS) is 12.3. The van der Waals surface area contributed by atoms with Gasteiger partial charge >= 0.3 is 0 Å². The Labute approximate surface area is 124 Å². The molecule has 1 aromatic rings. The maximum Gasteiger partial charge on any atom is 0.175 e. The Morgan fingerprint density at radius 3 is 2.63 bits per heavy atom. The molecule has 19 heavy (non-hydrogen) atoms. The first-order valence-corrected chi connectivity index (χ1v) is 7.66. The molecule has 0 radical (unpaired) electrons. The lowest BCUT2D eigenvalue weighted by atomic mass is 10.0. The summed E-state index contributed by atoms with van der Waals surface area (Å²) in [6.45, 7) is 4.95. The minimum atomic E-state index is 0.184. The summed E-state index contributed by atoms with van der Waals surface area (Å²) in [7, 11) is 1.66. The summed E-state index contributed by atoms with van der Waals surface area (Å²) in [5.74, 6) is 1.55. The lowest BCUT2D eigenvalue weighted by Crippen LogP contribution is -2.21. The van der Waals surface area contributed by atoms with E-state index in [4.69, 9.17) is 15.2 Å². The van der Waals surface area contributed by atoms with E-state index in [0.29, 0.717) is 6.61 Å². The van der Waals surface area contributed by atoms with Crippen molar-refractivity contribution in [2.24, 2.45) is 5.73 Å². The predicted molar refractivity (Wildman–Crippen MR) is 83.1 cm³/mol. The van der Waals surface area contributed by atoms with Crippen LogP contribution in [0, 0.1) is 0 Å². The molecule has 1 unspecified atom stereocenters. The zero-order chi connectivity index (χ0) is 14.3. The van der Waals surface area contributed by atoms with Gasteiger partial charge in [0.2, 0.25) is 0 Å². The van der Waals surface area contributed by atoms with Gasteiger partial charge in [0, 0.05) is 6.04 Å². The highest BCUT2D eigenvalue weighted by Crippen LogP contribution is 2.37. The zero-order valence-electron chi connectivity index (χ0n) is 12.0. The van der Waals surface area contributed by atoms with E-state index in [0.717, 1.165) is 41.7 Å². The largest absolute Gasteiger partial charge is 0.493 e. The molecule has 0 bridgehead atoms. The van der Waals surface area contributed by atoms with Crippen LogP contribution in [0.15, 0.2) is 16.6 Å². The van der Waals surface area contributed by atoms with Gasteiger partial charge < -0.3 is 15.2 Å². The van der Waals surface area contributed by atoms with Crippen LogP contribution in [0.2, 0.25) is 0 Å². The molecule has 1 rings (SSSR count). The predicted octanol–water partition coefficient (Wildman–Crippen LogP) is 3.92. The van der Waals surface area contributed by atoms with Crippen LogP contribution in [-0.2, 0) is 6.42 Å². The summed E-state index contributed by atoms with van der Waals surface area (Å²) in [6, 6.07) is 4.27. The van der Waals surface area contributed by atoms with E-state index >= 15 is 0 Å². The van der Waals surface area contributed by atoms with Crippen molar-refractivity contribution in [3.63, 3.8) is 0 Å². The van der Waals surface area contributed by atoms with E-state index in [1.54, 1.807) is 7.11 Å². The van der Waals surface area contributed by atoms with Crippen LogP contribution >= 0.6 is 15.9 Å². The fourth-order valence-corrected chi connectivity index (χ4v) is 2.40. The highest BCUT2D eigenvalue weighted by Gasteiger charge is 2.13. The smallest absolute Gasteiger partial charge is 0.175 e. The molecule has 4 heteroatoms. The SMILES string of the molecule is CCCCOc1c(Br)cc(CC(N)CC)cc1OC. The fourth-order valence-electron chi connectivity index (χ4n) is 1.80. The molecule has 108 valence electrons. The molecule has 0 aliphatic heterocycles. The Morgan fingerprint density at radius 2 is 2.05 bits per heavy atom. The van der Waals surface area contributed by atoms with Crippen LogP contribution < -0.4 is 15.2 Å². The lowest BCUT2D eigenvalue weighted by Gasteiger charge is -2.15. The first-order chi connectivity index (χ1) is 9.12. The minimum absolute atomic E-state index is 0.184. The van der Waals surface area contributed by atoms with Crippen LogP contribution in [0.5, 0.6) is 11.5 Å². The van der Waals surface area contributed by atoms with E-state index in [2.05, 4.69) is 35.8 Å². The highest BCUT2D eigenvalue weighted by molar-refractivity contribution is 9.10. The molecule has 0 aliphatic carbocycles. The van der Waals surface area contributed by atoms with Gasteiger partial charge in [-0.1, -0.05) is 20.3 Å². The number of nitrogens with two attached hydrogens (primary N) is 1. The molecule has 0 amide bonds. The summed E-state index contributed by atoms with van der Waals surface area (Å²) < 4.78 is 12.1. The van der Waals surface area contributed by atoms with Crippen molar-refractivity contribution in [2.45, 2.75) is 45.6 Å². The molecule has 0 fully saturated rings. The van der Waals surface area contributed by atoms with Crippen LogP contribution in [-0.4, -0.2) is 19.8 Å². The van der Waals surface area contributed by atoms with Gasteiger partial charge in [-0.05, 0) is 52.9 Å². The molecular formula is C15H24BrNO2. The van der Waals surface area contributed by atoms with Crippen molar-refractivity contribution in [1.82, 2.24) is 0 Å². The van der Waals surface area contributed by atoms with Crippen molar-refractivity contribution < 1.29 is 9.47 Å². The maximum absolute atomic E-state index is 6.00. The average molecular weight is 330 g/mol. The molecular weight excluding hydrogens is 306 g/mol. The molecule has 1 aromatic carbocycles. The average Bonchev–Trinajstić information content (AvgIpc) is 2.40. The summed E-state index contributed by atoms with van der Waals surface area (Å²) >= 11 is 3.56. The van der Waals surface area contributed by atoms with E-state index in [1.807, 2.05) is 6.07 Å². The van der Waals surface area contributed by atoms with E-state index in [1.165, 1.54) is 5.56 Å². The summed E-state index contributed by atoms with van der Waals surface area (Å²) in [5, 5.41) is 0. The van der Waals surface area contributed by atoms with Gasteiger partial charge in [0.1, 0.15) is 0 Å². The number of halogens is 1. The van der Waals surface area contributed by atoms with Gasteiger partial charge in [0.05, 0.1) is 18.2 Å². The zero-order valence-corrected chi connectivity index (χ0v) is 13.6. The third-order valence-electron chi connectivity index (χ3n) is 3.06. The Kier molecular flexibility index (Phi) is 7.24. The van der Waals surface area contributed by atoms with E-state index < -0.39 is 0 Å². The van der Waals surface area contributed by atoms with Crippen LogP contribution in [0.25, 0.3) is 0 Å². The van der Waals surface area contributed by atoms with E-state index in [9.17, 15) is 0 Å². The number of hydrogen-bond donors (Lipinski definition) is 1. The lowest BCUT2D eigenvalue weighted by molar-refractivity contribution is 0.286. The summed E-state index contributed by atoms with van der Waals surface area (Å²) in [4.78, 5) is 0. The van der Waals surface area contributed by atoms with Gasteiger partial charge in [0.25, 0.3) is 0 Å². The molecule has 0 saturated heterocycles. The molecule has 2 N–H and O–H groups in total. The van der Waals surface area contributed by atoms with Crippen molar-refractivity contribution in [3.05, 3.63) is 22.2 Å². The Bertz CT molecular complexity index is 396. The number of unbranched alkanes of at least 4 members (excludes halogenated alkanes) is 1. The standard InChI is InChI=1S/C15H24BrNO2/c1-4-6-7-19-15-13(16)9-11(8-12(17)5-2)10-14(15)18-3/h9-10,12H,4-8,17H2,1-3H3. The number of hydrogen-bond acceptors (Lipinski definition) is 3. The van der Waals surface area contributed by atoms with Gasteiger partial charge in [-0.15, -0.1) is 0 Å². The highest BCUT2D eigenvalue weighted by atomic mass is 79.9. The second-order valence-electron chi connectivity index (χ2n) is 4.68. The maximum atomic E-state index is 6.00. The van der Waals surface area contributed by atoms with Crippen molar-refractivity contribution in [2.75, 3.05) is 13.7 Å². The van der Waals surface area contributed by atoms with Gasteiger partial charge in [-0.2, -0.15) is 0 Å². The van der Waals surface area contributed by atoms with Crippen LogP contribution in [0.4, 0.5) is 0 Å². The number of benzene rings is 1. The summed E-state index contributed by atoms with van der Waals surface area (Å²) in [5.41, 5.74) is 7.16. The molecule has 0 spiro atoms. The quantitative estimate of drug-likeness (QED) is 0.735. The Morgan fingerprint density at radius 1 is 1.32 bits per heavy atom. The van der Waals surface area contributed by atoms with Crippen molar-refractivity contribution >= 4 is 15.9 Å². The van der Waals surface area contributed by atoms with Crippen LogP contribution in [0.3, 0.4) is 0 Å².